The molecule has 1 N–H and O–H groups in total. The van der Waals surface area contributed by atoms with Crippen LogP contribution in [0.5, 0.6) is 0 Å². The van der Waals surface area contributed by atoms with Gasteiger partial charge in [-0.25, -0.2) is 0 Å². The van der Waals surface area contributed by atoms with Gasteiger partial charge in [-0.3, -0.25) is 24.1 Å². The molecule has 1 unspecified atom stereocenters. The fourth-order valence-electron chi connectivity index (χ4n) is 4.20. The third kappa shape index (κ3) is 4.19. The van der Waals surface area contributed by atoms with Gasteiger partial charge >= 0.3 is 0 Å². The molecular weight excluding hydrogens is 454 g/mol. The normalized spacial score (nSPS) is 17.4. The minimum Gasteiger partial charge on any atom is -0.312 e. The van der Waals surface area contributed by atoms with Crippen LogP contribution in [0.3, 0.4) is 0 Å². The Kier molecular flexibility index (Phi) is 5.89. The summed E-state index contributed by atoms with van der Waals surface area (Å²) in [5.74, 6) is -0.974. The minimum atomic E-state index is -0.328. The Morgan fingerprint density at radius 2 is 1.65 bits per heavy atom. The number of para-hydroxylation sites is 1. The van der Waals surface area contributed by atoms with Crippen molar-refractivity contribution in [1.82, 2.24) is 15.1 Å². The van der Waals surface area contributed by atoms with Crippen LogP contribution in [-0.2, 0) is 9.59 Å². The first-order valence-electron chi connectivity index (χ1n) is 10.9. The topological polar surface area (TPSA) is 113 Å². The number of benzene rings is 2. The molecule has 3 aromatic rings. The fourth-order valence-corrected chi connectivity index (χ4v) is 5.05. The monoisotopic (exact) mass is 475 g/mol. The van der Waals surface area contributed by atoms with Crippen LogP contribution in [0.2, 0.25) is 0 Å². The lowest BCUT2D eigenvalue weighted by Gasteiger charge is -2.15. The average Bonchev–Trinajstić information content (AvgIpc) is 3.53. The highest BCUT2D eigenvalue weighted by atomic mass is 32.1. The molecule has 2 aliphatic rings. The molecule has 1 fully saturated rings. The summed E-state index contributed by atoms with van der Waals surface area (Å²) in [6, 6.07) is 16.2. The predicted molar refractivity (Wildman–Crippen MR) is 126 cm³/mol. The number of aromatic nitrogens is 2. The maximum atomic E-state index is 12.4. The SMILES string of the molecule is O=C(CCCN1C(=O)c2ccccc2C1=O)Nc1nnc(C2CC(=O)N(c3ccccc3)C2)s1. The average molecular weight is 476 g/mol. The second-order valence-corrected chi connectivity index (χ2v) is 9.15. The van der Waals surface area contributed by atoms with Gasteiger partial charge in [0.05, 0.1) is 11.1 Å². The quantitative estimate of drug-likeness (QED) is 0.526. The van der Waals surface area contributed by atoms with Crippen LogP contribution in [0, 0.1) is 0 Å². The van der Waals surface area contributed by atoms with E-state index in [1.54, 1.807) is 29.2 Å². The molecule has 1 aromatic heterocycles. The molecule has 2 aromatic carbocycles. The van der Waals surface area contributed by atoms with Gasteiger partial charge in [0.1, 0.15) is 5.01 Å². The van der Waals surface area contributed by atoms with E-state index in [1.807, 2.05) is 30.3 Å². The molecule has 10 heteroatoms. The Balaban J connectivity index is 1.12. The third-order valence-corrected chi connectivity index (χ3v) is 6.89. The molecule has 4 amide bonds. The maximum Gasteiger partial charge on any atom is 0.261 e. The highest BCUT2D eigenvalue weighted by Gasteiger charge is 2.35. The third-order valence-electron chi connectivity index (χ3n) is 5.89. The zero-order valence-corrected chi connectivity index (χ0v) is 19.0. The van der Waals surface area contributed by atoms with E-state index in [0.29, 0.717) is 40.7 Å². The molecule has 9 nitrogen and oxygen atoms in total. The molecule has 2 aliphatic heterocycles. The number of hydrogen-bond donors (Lipinski definition) is 1. The molecular formula is C24H21N5O4S. The summed E-state index contributed by atoms with van der Waals surface area (Å²) in [4.78, 5) is 52.5. The van der Waals surface area contributed by atoms with E-state index in [9.17, 15) is 19.2 Å². The Bertz CT molecular complexity index is 1240. The van der Waals surface area contributed by atoms with Crippen molar-refractivity contribution in [2.75, 3.05) is 23.3 Å². The van der Waals surface area contributed by atoms with Crippen molar-refractivity contribution in [2.24, 2.45) is 0 Å². The van der Waals surface area contributed by atoms with E-state index >= 15 is 0 Å². The van der Waals surface area contributed by atoms with Crippen LogP contribution in [0.25, 0.3) is 0 Å². The van der Waals surface area contributed by atoms with Gasteiger partial charge in [0.25, 0.3) is 11.8 Å². The number of nitrogens with zero attached hydrogens (tertiary/aromatic N) is 4. The van der Waals surface area contributed by atoms with Gasteiger partial charge in [-0.2, -0.15) is 0 Å². The van der Waals surface area contributed by atoms with Gasteiger partial charge in [0.15, 0.2) is 0 Å². The number of rotatable bonds is 7. The van der Waals surface area contributed by atoms with Crippen molar-refractivity contribution >= 4 is 45.8 Å². The predicted octanol–water partition coefficient (Wildman–Crippen LogP) is 3.07. The van der Waals surface area contributed by atoms with Crippen LogP contribution >= 0.6 is 11.3 Å². The summed E-state index contributed by atoms with van der Waals surface area (Å²) >= 11 is 1.26. The molecule has 3 heterocycles. The van der Waals surface area contributed by atoms with Crippen molar-refractivity contribution < 1.29 is 19.2 Å². The molecule has 0 aliphatic carbocycles. The van der Waals surface area contributed by atoms with Gasteiger partial charge in [-0.05, 0) is 30.7 Å². The molecule has 34 heavy (non-hydrogen) atoms. The first-order valence-corrected chi connectivity index (χ1v) is 11.8. The van der Waals surface area contributed by atoms with Crippen LogP contribution in [0.1, 0.15) is 50.9 Å². The Morgan fingerprint density at radius 1 is 0.971 bits per heavy atom. The summed E-state index contributed by atoms with van der Waals surface area (Å²) in [7, 11) is 0. The van der Waals surface area contributed by atoms with Gasteiger partial charge in [-0.15, -0.1) is 10.2 Å². The summed E-state index contributed by atoms with van der Waals surface area (Å²) in [5.41, 5.74) is 1.65. The second-order valence-electron chi connectivity index (χ2n) is 8.15. The summed E-state index contributed by atoms with van der Waals surface area (Å²) in [5, 5.41) is 12.0. The maximum absolute atomic E-state index is 12.4. The summed E-state index contributed by atoms with van der Waals surface area (Å²) in [6.45, 7) is 0.687. The first-order chi connectivity index (χ1) is 16.5. The highest BCUT2D eigenvalue weighted by molar-refractivity contribution is 7.15. The Hall–Kier alpha value is -3.92. The standard InChI is InChI=1S/C24H21N5O4S/c30-19(11-6-12-28-22(32)17-9-4-5-10-18(17)23(28)33)25-24-27-26-21(34-24)15-13-20(31)29(14-15)16-7-2-1-3-8-16/h1-5,7-10,15H,6,11-14H2,(H,25,27,30). The van der Waals surface area contributed by atoms with E-state index in [-0.39, 0.29) is 42.5 Å². The number of amides is 4. The lowest BCUT2D eigenvalue weighted by Crippen LogP contribution is -2.31. The van der Waals surface area contributed by atoms with Gasteiger partial charge in [0, 0.05) is 37.5 Å². The number of carbonyl (C=O) groups excluding carboxylic acids is 4. The van der Waals surface area contributed by atoms with Crippen molar-refractivity contribution in [1.29, 1.82) is 0 Å². The number of nitrogens with one attached hydrogen (secondary N) is 1. The molecule has 0 bridgehead atoms. The summed E-state index contributed by atoms with van der Waals surface area (Å²) in [6.07, 6.45) is 0.815. The van der Waals surface area contributed by atoms with Crippen molar-refractivity contribution in [3.8, 4) is 0 Å². The molecule has 172 valence electrons. The fraction of sp³-hybridized carbons (Fsp3) is 0.250. The number of carbonyl (C=O) groups is 4. The molecule has 5 rings (SSSR count). The van der Waals surface area contributed by atoms with E-state index in [4.69, 9.17) is 0 Å². The molecule has 1 saturated heterocycles. The zero-order valence-electron chi connectivity index (χ0n) is 18.1. The van der Waals surface area contributed by atoms with E-state index < -0.39 is 0 Å². The van der Waals surface area contributed by atoms with Gasteiger partial charge in [0.2, 0.25) is 16.9 Å². The lowest BCUT2D eigenvalue weighted by atomic mass is 10.1. The van der Waals surface area contributed by atoms with Crippen LogP contribution in [0.4, 0.5) is 10.8 Å². The van der Waals surface area contributed by atoms with Crippen molar-refractivity contribution in [3.63, 3.8) is 0 Å². The Labute approximate surface area is 199 Å². The lowest BCUT2D eigenvalue weighted by molar-refractivity contribution is -0.117. The molecule has 0 radical (unpaired) electrons. The number of hydrogen-bond acceptors (Lipinski definition) is 7. The molecule has 0 spiro atoms. The smallest absolute Gasteiger partial charge is 0.261 e. The van der Waals surface area contributed by atoms with Crippen molar-refractivity contribution in [2.45, 2.75) is 25.2 Å². The largest absolute Gasteiger partial charge is 0.312 e. The zero-order chi connectivity index (χ0) is 23.7. The Morgan fingerprint density at radius 3 is 2.35 bits per heavy atom. The van der Waals surface area contributed by atoms with E-state index in [0.717, 1.165) is 5.69 Å². The number of imide groups is 1. The molecule has 1 atom stereocenters. The van der Waals surface area contributed by atoms with Crippen LogP contribution in [0.15, 0.2) is 54.6 Å². The number of fused-ring (bicyclic) bond motifs is 1. The highest BCUT2D eigenvalue weighted by Crippen LogP contribution is 2.34. The number of anilines is 2. The van der Waals surface area contributed by atoms with E-state index in [1.165, 1.54) is 16.2 Å². The van der Waals surface area contributed by atoms with E-state index in [2.05, 4.69) is 15.5 Å². The minimum absolute atomic E-state index is 0.0325. The molecule has 0 saturated carbocycles. The first kappa shape index (κ1) is 21.9. The van der Waals surface area contributed by atoms with Gasteiger partial charge in [-0.1, -0.05) is 41.7 Å². The van der Waals surface area contributed by atoms with Crippen molar-refractivity contribution in [3.05, 3.63) is 70.7 Å². The van der Waals surface area contributed by atoms with Crippen LogP contribution < -0.4 is 10.2 Å². The van der Waals surface area contributed by atoms with Crippen LogP contribution in [-0.4, -0.2) is 51.8 Å². The second kappa shape index (κ2) is 9.14. The van der Waals surface area contributed by atoms with Gasteiger partial charge < -0.3 is 10.2 Å². The summed E-state index contributed by atoms with van der Waals surface area (Å²) < 4.78 is 0.